The molecule has 0 aliphatic carbocycles. The summed E-state index contributed by atoms with van der Waals surface area (Å²) >= 11 is 0. The van der Waals surface area contributed by atoms with Gasteiger partial charge in [-0.05, 0) is 36.3 Å². The summed E-state index contributed by atoms with van der Waals surface area (Å²) in [5.41, 5.74) is 4.27. The van der Waals surface area contributed by atoms with E-state index in [1.54, 1.807) is 7.11 Å². The Balaban J connectivity index is 1.85. The van der Waals surface area contributed by atoms with Crippen LogP contribution in [0, 0.1) is 11.8 Å². The highest BCUT2D eigenvalue weighted by Crippen LogP contribution is 2.44. The fourth-order valence-electron chi connectivity index (χ4n) is 4.73. The van der Waals surface area contributed by atoms with E-state index < -0.39 is 0 Å². The van der Waals surface area contributed by atoms with Crippen molar-refractivity contribution >= 4 is 10.9 Å². The maximum absolute atomic E-state index is 5.54. The maximum Gasteiger partial charge on any atom is 0.122 e. The standard InChI is InChI=1S/C21H26N2O/c1-4-15-12-20-21-18(10-11-22(20)13-16(15)5-2)17-8-6-7-9-19(17)23(21)14-24-3/h4-9,15-16,20H,1-2,10-14H2,3H3/t15-,16-,20-/m1/s1. The number of nitrogens with zero attached hydrogens (tertiary/aromatic N) is 2. The summed E-state index contributed by atoms with van der Waals surface area (Å²) in [7, 11) is 1.78. The van der Waals surface area contributed by atoms with Gasteiger partial charge in [-0.2, -0.15) is 0 Å². The number of ether oxygens (including phenoxy) is 1. The first kappa shape index (κ1) is 15.7. The minimum Gasteiger partial charge on any atom is -0.364 e. The lowest BCUT2D eigenvalue weighted by Gasteiger charge is -2.45. The maximum atomic E-state index is 5.54. The fourth-order valence-corrected chi connectivity index (χ4v) is 4.73. The van der Waals surface area contributed by atoms with E-state index in [2.05, 4.69) is 59.0 Å². The average Bonchev–Trinajstić information content (AvgIpc) is 2.95. The summed E-state index contributed by atoms with van der Waals surface area (Å²) in [6.45, 7) is 11.0. The lowest BCUT2D eigenvalue weighted by Crippen LogP contribution is -2.45. The second-order valence-corrected chi connectivity index (χ2v) is 7.02. The molecule has 4 rings (SSSR count). The van der Waals surface area contributed by atoms with Crippen LogP contribution in [0.15, 0.2) is 49.6 Å². The van der Waals surface area contributed by atoms with Crippen LogP contribution < -0.4 is 0 Å². The van der Waals surface area contributed by atoms with Crippen LogP contribution in [0.3, 0.4) is 0 Å². The minimum atomic E-state index is 0.454. The molecule has 0 radical (unpaired) electrons. The number of hydrogen-bond donors (Lipinski definition) is 0. The minimum absolute atomic E-state index is 0.454. The van der Waals surface area contributed by atoms with E-state index in [9.17, 15) is 0 Å². The predicted molar refractivity (Wildman–Crippen MR) is 99.0 cm³/mol. The molecule has 0 N–H and O–H groups in total. The Bertz CT molecular complexity index is 775. The van der Waals surface area contributed by atoms with Crippen LogP contribution in [0.1, 0.15) is 23.7 Å². The summed E-state index contributed by atoms with van der Waals surface area (Å²) in [6.07, 6.45) is 6.48. The van der Waals surface area contributed by atoms with Crippen molar-refractivity contribution in [3.05, 3.63) is 60.8 Å². The molecule has 1 aromatic heterocycles. The second kappa shape index (κ2) is 6.23. The molecule has 0 bridgehead atoms. The molecular weight excluding hydrogens is 296 g/mol. The Hall–Kier alpha value is -1.84. The summed E-state index contributed by atoms with van der Waals surface area (Å²) in [6, 6.07) is 9.20. The first-order valence-electron chi connectivity index (χ1n) is 8.86. The van der Waals surface area contributed by atoms with Crippen LogP contribution in [0.5, 0.6) is 0 Å². The fraction of sp³-hybridized carbons (Fsp3) is 0.429. The van der Waals surface area contributed by atoms with Gasteiger partial charge in [0.1, 0.15) is 6.73 Å². The summed E-state index contributed by atoms with van der Waals surface area (Å²) in [5, 5.41) is 1.39. The number of para-hydroxylation sites is 1. The van der Waals surface area contributed by atoms with E-state index in [0.717, 1.165) is 25.9 Å². The third kappa shape index (κ3) is 2.27. The van der Waals surface area contributed by atoms with Gasteiger partial charge < -0.3 is 9.30 Å². The SMILES string of the molecule is C=C[C@@H]1C[C@@H]2c3c(c4ccccc4n3COC)CCN2C[C@H]1C=C. The quantitative estimate of drug-likeness (QED) is 0.787. The Labute approximate surface area is 144 Å². The molecule has 1 aromatic carbocycles. The number of methoxy groups -OCH3 is 1. The number of piperidine rings is 1. The van der Waals surface area contributed by atoms with Gasteiger partial charge in [0.05, 0.1) is 11.6 Å². The van der Waals surface area contributed by atoms with E-state index in [4.69, 9.17) is 4.74 Å². The van der Waals surface area contributed by atoms with Crippen molar-refractivity contribution in [3.63, 3.8) is 0 Å². The summed E-state index contributed by atoms with van der Waals surface area (Å²) in [4.78, 5) is 2.64. The third-order valence-electron chi connectivity index (χ3n) is 5.88. The van der Waals surface area contributed by atoms with Crippen LogP contribution in [-0.4, -0.2) is 29.7 Å². The number of hydrogen-bond acceptors (Lipinski definition) is 2. The Kier molecular flexibility index (Phi) is 4.07. The zero-order chi connectivity index (χ0) is 16.7. The lowest BCUT2D eigenvalue weighted by atomic mass is 9.78. The molecule has 1 saturated heterocycles. The Morgan fingerprint density at radius 2 is 2.00 bits per heavy atom. The first-order valence-corrected chi connectivity index (χ1v) is 8.86. The highest BCUT2D eigenvalue weighted by Gasteiger charge is 2.39. The molecule has 0 amide bonds. The zero-order valence-corrected chi connectivity index (χ0v) is 14.4. The number of fused-ring (bicyclic) bond motifs is 5. The van der Waals surface area contributed by atoms with E-state index in [0.29, 0.717) is 24.6 Å². The Morgan fingerprint density at radius 1 is 1.21 bits per heavy atom. The van der Waals surface area contributed by atoms with Crippen LogP contribution in [-0.2, 0) is 17.9 Å². The largest absolute Gasteiger partial charge is 0.364 e. The van der Waals surface area contributed by atoms with Gasteiger partial charge in [-0.15, -0.1) is 13.2 Å². The van der Waals surface area contributed by atoms with Crippen molar-refractivity contribution in [1.29, 1.82) is 0 Å². The molecule has 24 heavy (non-hydrogen) atoms. The van der Waals surface area contributed by atoms with Crippen molar-refractivity contribution < 1.29 is 4.74 Å². The number of rotatable bonds is 4. The van der Waals surface area contributed by atoms with Crippen molar-refractivity contribution in [3.8, 4) is 0 Å². The van der Waals surface area contributed by atoms with Gasteiger partial charge in [-0.1, -0.05) is 30.4 Å². The average molecular weight is 322 g/mol. The molecule has 0 unspecified atom stereocenters. The zero-order valence-electron chi connectivity index (χ0n) is 14.4. The van der Waals surface area contributed by atoms with Gasteiger partial charge >= 0.3 is 0 Å². The molecule has 3 heteroatoms. The van der Waals surface area contributed by atoms with Crippen molar-refractivity contribution in [2.24, 2.45) is 11.8 Å². The van der Waals surface area contributed by atoms with Crippen LogP contribution in [0.2, 0.25) is 0 Å². The predicted octanol–water partition coefficient (Wildman–Crippen LogP) is 4.15. The first-order chi connectivity index (χ1) is 11.8. The molecule has 3 heterocycles. The molecule has 126 valence electrons. The number of allylic oxidation sites excluding steroid dienone is 1. The normalized spacial score (nSPS) is 26.8. The van der Waals surface area contributed by atoms with Crippen LogP contribution >= 0.6 is 0 Å². The van der Waals surface area contributed by atoms with Gasteiger partial charge in [-0.25, -0.2) is 0 Å². The van der Waals surface area contributed by atoms with Crippen LogP contribution in [0.4, 0.5) is 0 Å². The second-order valence-electron chi connectivity index (χ2n) is 7.02. The third-order valence-corrected chi connectivity index (χ3v) is 5.88. The highest BCUT2D eigenvalue weighted by molar-refractivity contribution is 5.86. The highest BCUT2D eigenvalue weighted by atomic mass is 16.5. The molecule has 0 spiro atoms. The topological polar surface area (TPSA) is 17.4 Å². The van der Waals surface area contributed by atoms with Gasteiger partial charge in [0.15, 0.2) is 0 Å². The molecule has 2 aliphatic rings. The molecular formula is C21H26N2O. The van der Waals surface area contributed by atoms with Crippen molar-refractivity contribution in [2.75, 3.05) is 20.2 Å². The molecule has 2 aromatic rings. The molecule has 0 saturated carbocycles. The van der Waals surface area contributed by atoms with Crippen molar-refractivity contribution in [2.45, 2.75) is 25.6 Å². The summed E-state index contributed by atoms with van der Waals surface area (Å²) in [5.74, 6) is 1.02. The monoisotopic (exact) mass is 322 g/mol. The molecule has 3 atom stereocenters. The number of benzene rings is 1. The smallest absolute Gasteiger partial charge is 0.122 e. The molecule has 1 fully saturated rings. The van der Waals surface area contributed by atoms with Crippen molar-refractivity contribution in [1.82, 2.24) is 9.47 Å². The Morgan fingerprint density at radius 3 is 2.75 bits per heavy atom. The van der Waals surface area contributed by atoms with E-state index in [1.807, 2.05) is 0 Å². The number of aromatic nitrogens is 1. The van der Waals surface area contributed by atoms with E-state index in [1.165, 1.54) is 22.2 Å². The van der Waals surface area contributed by atoms with Gasteiger partial charge in [0, 0.05) is 31.3 Å². The van der Waals surface area contributed by atoms with Crippen LogP contribution in [0.25, 0.3) is 10.9 Å². The van der Waals surface area contributed by atoms with E-state index in [-0.39, 0.29) is 0 Å². The summed E-state index contributed by atoms with van der Waals surface area (Å²) < 4.78 is 7.93. The van der Waals surface area contributed by atoms with E-state index >= 15 is 0 Å². The molecule has 3 nitrogen and oxygen atoms in total. The lowest BCUT2D eigenvalue weighted by molar-refractivity contribution is 0.0734. The molecule has 2 aliphatic heterocycles. The van der Waals surface area contributed by atoms with Gasteiger partial charge in [0.25, 0.3) is 0 Å². The van der Waals surface area contributed by atoms with Gasteiger partial charge in [0.2, 0.25) is 0 Å². The van der Waals surface area contributed by atoms with Gasteiger partial charge in [-0.3, -0.25) is 4.90 Å².